The molecule has 1 amide bonds. The zero-order chi connectivity index (χ0) is 29.1. The topological polar surface area (TPSA) is 79.2 Å². The Morgan fingerprint density at radius 1 is 0.850 bits per heavy atom. The van der Waals surface area contributed by atoms with Gasteiger partial charge in [-0.3, -0.25) is 4.79 Å². The first-order chi connectivity index (χ1) is 19.1. The van der Waals surface area contributed by atoms with Crippen LogP contribution < -0.4 is 14.2 Å². The lowest BCUT2D eigenvalue weighted by atomic mass is 10.0. The summed E-state index contributed by atoms with van der Waals surface area (Å²) >= 11 is 0. The molecular formula is C32H36N2O6. The van der Waals surface area contributed by atoms with Crippen LogP contribution in [0.25, 0.3) is 11.8 Å². The quantitative estimate of drug-likeness (QED) is 0.267. The molecule has 0 N–H and O–H groups in total. The summed E-state index contributed by atoms with van der Waals surface area (Å²) in [6.07, 6.45) is 2.35. The summed E-state index contributed by atoms with van der Waals surface area (Å²) < 4.78 is 23.6. The molecule has 0 saturated heterocycles. The van der Waals surface area contributed by atoms with Gasteiger partial charge in [-0.15, -0.1) is 0 Å². The normalized spacial score (nSPS) is 14.2. The largest absolute Gasteiger partial charge is 0.495 e. The number of amides is 1. The molecule has 2 aromatic carbocycles. The number of rotatable bonds is 9. The van der Waals surface area contributed by atoms with Gasteiger partial charge in [0.2, 0.25) is 0 Å². The van der Waals surface area contributed by atoms with E-state index < -0.39 is 5.97 Å². The van der Waals surface area contributed by atoms with Crippen LogP contribution in [0.3, 0.4) is 0 Å². The number of aromatic nitrogens is 1. The van der Waals surface area contributed by atoms with Crippen molar-refractivity contribution in [3.63, 3.8) is 0 Å². The second-order valence-electron chi connectivity index (χ2n) is 9.74. The fourth-order valence-corrected chi connectivity index (χ4v) is 5.21. The van der Waals surface area contributed by atoms with Gasteiger partial charge in [-0.1, -0.05) is 12.1 Å². The van der Waals surface area contributed by atoms with Crippen LogP contribution in [-0.2, 0) is 20.7 Å². The fourth-order valence-electron chi connectivity index (χ4n) is 5.21. The number of hydrogen-bond acceptors (Lipinski definition) is 6. The van der Waals surface area contributed by atoms with E-state index in [-0.39, 0.29) is 11.5 Å². The van der Waals surface area contributed by atoms with E-state index in [1.54, 1.807) is 39.2 Å². The molecule has 8 heteroatoms. The van der Waals surface area contributed by atoms with Crippen LogP contribution >= 0.6 is 0 Å². The van der Waals surface area contributed by atoms with Crippen molar-refractivity contribution in [2.75, 3.05) is 35.0 Å². The molecule has 0 fully saturated rings. The Balaban J connectivity index is 1.71. The number of aryl methyl sites for hydroxylation is 2. The highest BCUT2D eigenvalue weighted by molar-refractivity contribution is 6.16. The summed E-state index contributed by atoms with van der Waals surface area (Å²) in [4.78, 5) is 28.3. The SMILES string of the molecule is COC(=O)C1=C(C)N(CCc2ccc(OC)c(OC)c2)C(=O)/C1=C\c1cc(C)n(-c2cc(C)ccc2OC)c1C. The average molecular weight is 545 g/mol. The van der Waals surface area contributed by atoms with Crippen LogP contribution in [0.15, 0.2) is 59.3 Å². The van der Waals surface area contributed by atoms with Gasteiger partial charge in [0.25, 0.3) is 5.91 Å². The van der Waals surface area contributed by atoms with E-state index >= 15 is 0 Å². The number of ether oxygens (including phenoxy) is 4. The second-order valence-corrected chi connectivity index (χ2v) is 9.74. The lowest BCUT2D eigenvalue weighted by Gasteiger charge is -2.18. The van der Waals surface area contributed by atoms with Gasteiger partial charge in [-0.25, -0.2) is 4.79 Å². The summed E-state index contributed by atoms with van der Waals surface area (Å²) in [5.41, 5.74) is 6.88. The van der Waals surface area contributed by atoms with Crippen molar-refractivity contribution in [3.05, 3.63) is 87.4 Å². The van der Waals surface area contributed by atoms with Crippen LogP contribution in [-0.4, -0.2) is 56.3 Å². The first-order valence-corrected chi connectivity index (χ1v) is 13.0. The Bertz CT molecular complexity index is 1530. The standard InChI is InChI=1S/C32H36N2O6/c1-19-9-11-27(37-5)26(15-19)34-20(2)16-24(21(34)3)18-25-30(32(36)40-8)22(4)33(31(25)35)14-13-23-10-12-28(38-6)29(17-23)39-7/h9-12,15-18H,13-14H2,1-8H3/b25-18-. The third kappa shape index (κ3) is 5.21. The molecule has 4 rings (SSSR count). The molecule has 0 saturated carbocycles. The van der Waals surface area contributed by atoms with Crippen molar-refractivity contribution >= 4 is 18.0 Å². The van der Waals surface area contributed by atoms with Crippen LogP contribution in [0.4, 0.5) is 0 Å². The first kappa shape index (κ1) is 28.5. The molecule has 8 nitrogen and oxygen atoms in total. The molecular weight excluding hydrogens is 508 g/mol. The van der Waals surface area contributed by atoms with Crippen molar-refractivity contribution in [1.82, 2.24) is 9.47 Å². The minimum atomic E-state index is -0.542. The van der Waals surface area contributed by atoms with Crippen LogP contribution in [0.5, 0.6) is 17.2 Å². The maximum Gasteiger partial charge on any atom is 0.340 e. The van der Waals surface area contributed by atoms with E-state index in [1.807, 2.05) is 57.2 Å². The van der Waals surface area contributed by atoms with Gasteiger partial charge in [0.05, 0.1) is 45.3 Å². The van der Waals surface area contributed by atoms with E-state index in [9.17, 15) is 9.59 Å². The van der Waals surface area contributed by atoms with Crippen molar-refractivity contribution in [3.8, 4) is 22.9 Å². The summed E-state index contributed by atoms with van der Waals surface area (Å²) in [5, 5.41) is 0. The molecule has 0 spiro atoms. The number of hydrogen-bond donors (Lipinski definition) is 0. The number of methoxy groups -OCH3 is 4. The Morgan fingerprint density at radius 2 is 1.52 bits per heavy atom. The van der Waals surface area contributed by atoms with Crippen molar-refractivity contribution in [2.24, 2.45) is 0 Å². The summed E-state index contributed by atoms with van der Waals surface area (Å²) in [6.45, 7) is 8.19. The maximum absolute atomic E-state index is 13.8. The van der Waals surface area contributed by atoms with Gasteiger partial charge in [0.1, 0.15) is 5.75 Å². The highest BCUT2D eigenvalue weighted by Gasteiger charge is 2.37. The molecule has 0 aliphatic carbocycles. The number of esters is 1. The highest BCUT2D eigenvalue weighted by atomic mass is 16.5. The predicted molar refractivity (Wildman–Crippen MR) is 154 cm³/mol. The van der Waals surface area contributed by atoms with Gasteiger partial charge in [-0.05, 0) is 87.2 Å². The van der Waals surface area contributed by atoms with E-state index in [0.29, 0.717) is 35.7 Å². The Morgan fingerprint density at radius 3 is 2.17 bits per heavy atom. The minimum absolute atomic E-state index is 0.240. The van der Waals surface area contributed by atoms with Gasteiger partial charge in [0.15, 0.2) is 11.5 Å². The smallest absolute Gasteiger partial charge is 0.340 e. The van der Waals surface area contributed by atoms with Crippen LogP contribution in [0.2, 0.25) is 0 Å². The number of carbonyl (C=O) groups is 2. The van der Waals surface area contributed by atoms with Gasteiger partial charge >= 0.3 is 5.97 Å². The highest BCUT2D eigenvalue weighted by Crippen LogP contribution is 2.35. The Hall–Kier alpha value is -4.46. The van der Waals surface area contributed by atoms with Crippen LogP contribution in [0, 0.1) is 20.8 Å². The van der Waals surface area contributed by atoms with Gasteiger partial charge in [0, 0.05) is 23.6 Å². The summed E-state index contributed by atoms with van der Waals surface area (Å²) in [6, 6.07) is 13.7. The molecule has 1 aromatic heterocycles. The van der Waals surface area contributed by atoms with Gasteiger partial charge < -0.3 is 28.4 Å². The number of carbonyl (C=O) groups excluding carboxylic acids is 2. The molecule has 3 aromatic rings. The number of allylic oxidation sites excluding steroid dienone is 1. The van der Waals surface area contributed by atoms with E-state index in [2.05, 4.69) is 10.6 Å². The number of benzene rings is 2. The van der Waals surface area contributed by atoms with Gasteiger partial charge in [-0.2, -0.15) is 0 Å². The van der Waals surface area contributed by atoms with Crippen LogP contribution in [0.1, 0.15) is 35.0 Å². The zero-order valence-corrected chi connectivity index (χ0v) is 24.4. The average Bonchev–Trinajstić information content (AvgIpc) is 3.36. The molecule has 2 heterocycles. The maximum atomic E-state index is 13.8. The third-order valence-corrected chi connectivity index (χ3v) is 7.32. The molecule has 0 bridgehead atoms. The fraction of sp³-hybridized carbons (Fsp3) is 0.312. The molecule has 0 unspecified atom stereocenters. The van der Waals surface area contributed by atoms with E-state index in [0.717, 1.165) is 39.5 Å². The zero-order valence-electron chi connectivity index (χ0n) is 24.4. The minimum Gasteiger partial charge on any atom is -0.495 e. The summed E-state index contributed by atoms with van der Waals surface area (Å²) in [5.74, 6) is 1.22. The molecule has 0 radical (unpaired) electrons. The molecule has 210 valence electrons. The Kier molecular flexibility index (Phi) is 8.38. The molecule has 0 atom stereocenters. The first-order valence-electron chi connectivity index (χ1n) is 13.0. The lowest BCUT2D eigenvalue weighted by molar-refractivity contribution is -0.136. The van der Waals surface area contributed by atoms with Crippen molar-refractivity contribution < 1.29 is 28.5 Å². The third-order valence-electron chi connectivity index (χ3n) is 7.32. The monoisotopic (exact) mass is 544 g/mol. The molecule has 1 aliphatic heterocycles. The van der Waals surface area contributed by atoms with Crippen molar-refractivity contribution in [1.29, 1.82) is 0 Å². The van der Waals surface area contributed by atoms with Crippen molar-refractivity contribution in [2.45, 2.75) is 34.1 Å². The summed E-state index contributed by atoms with van der Waals surface area (Å²) in [7, 11) is 6.15. The van der Waals surface area contributed by atoms with E-state index in [4.69, 9.17) is 18.9 Å². The molecule has 40 heavy (non-hydrogen) atoms. The second kappa shape index (κ2) is 11.7. The lowest BCUT2D eigenvalue weighted by Crippen LogP contribution is -2.27. The molecule has 1 aliphatic rings. The Labute approximate surface area is 235 Å². The van der Waals surface area contributed by atoms with E-state index in [1.165, 1.54) is 7.11 Å². The number of nitrogens with zero attached hydrogens (tertiary/aromatic N) is 2. The predicted octanol–water partition coefficient (Wildman–Crippen LogP) is 5.34.